The molecule has 0 amide bonds. The Kier molecular flexibility index (Phi) is 3.99. The third-order valence-corrected chi connectivity index (χ3v) is 4.18. The smallest absolute Gasteiger partial charge is 0.127 e. The molecule has 2 aromatic rings. The van der Waals surface area contributed by atoms with Crippen molar-refractivity contribution in [1.82, 2.24) is 9.55 Å². The number of halogens is 1. The second kappa shape index (κ2) is 5.74. The summed E-state index contributed by atoms with van der Waals surface area (Å²) in [6.45, 7) is 5.93. The van der Waals surface area contributed by atoms with Gasteiger partial charge in [-0.25, -0.2) is 4.98 Å². The SMILES string of the molecule is Cc1ccc2nc(C(C)Cl)n(CCC3CCCO3)c2c1. The molecule has 0 N–H and O–H groups in total. The molecule has 2 heterocycles. The number of alkyl halides is 1. The van der Waals surface area contributed by atoms with E-state index in [1.165, 1.54) is 23.9 Å². The number of hydrogen-bond donors (Lipinski definition) is 0. The monoisotopic (exact) mass is 292 g/mol. The van der Waals surface area contributed by atoms with Crippen LogP contribution in [0.15, 0.2) is 18.2 Å². The van der Waals surface area contributed by atoms with Crippen LogP contribution in [-0.2, 0) is 11.3 Å². The van der Waals surface area contributed by atoms with Crippen molar-refractivity contribution in [3.63, 3.8) is 0 Å². The molecule has 1 aliphatic heterocycles. The molecule has 2 unspecified atom stereocenters. The fourth-order valence-electron chi connectivity index (χ4n) is 2.94. The van der Waals surface area contributed by atoms with Crippen molar-refractivity contribution in [3.8, 4) is 0 Å². The molecule has 108 valence electrons. The Bertz CT molecular complexity index is 600. The van der Waals surface area contributed by atoms with Crippen LogP contribution < -0.4 is 0 Å². The molecule has 0 bridgehead atoms. The molecule has 1 fully saturated rings. The second-order valence-electron chi connectivity index (χ2n) is 5.65. The molecule has 0 aliphatic carbocycles. The normalized spacial score (nSPS) is 20.6. The standard InChI is InChI=1S/C16H21ClN2O/c1-11-5-6-14-15(10-11)19(16(18-14)12(2)17)8-7-13-4-3-9-20-13/h5-6,10,12-13H,3-4,7-9H2,1-2H3. The topological polar surface area (TPSA) is 27.1 Å². The van der Waals surface area contributed by atoms with E-state index in [1.807, 2.05) is 6.92 Å². The van der Waals surface area contributed by atoms with Crippen LogP contribution in [0.25, 0.3) is 11.0 Å². The van der Waals surface area contributed by atoms with E-state index in [2.05, 4.69) is 34.7 Å². The molecular weight excluding hydrogens is 272 g/mol. The summed E-state index contributed by atoms with van der Waals surface area (Å²) in [5, 5.41) is -0.0767. The van der Waals surface area contributed by atoms with Gasteiger partial charge in [-0.3, -0.25) is 0 Å². The number of fused-ring (bicyclic) bond motifs is 1. The molecule has 20 heavy (non-hydrogen) atoms. The first-order valence-corrected chi connectivity index (χ1v) is 7.81. The lowest BCUT2D eigenvalue weighted by Gasteiger charge is -2.14. The van der Waals surface area contributed by atoms with Crippen molar-refractivity contribution >= 4 is 22.6 Å². The molecule has 0 saturated carbocycles. The summed E-state index contributed by atoms with van der Waals surface area (Å²) in [6, 6.07) is 6.37. The fourth-order valence-corrected chi connectivity index (χ4v) is 3.10. The number of rotatable bonds is 4. The van der Waals surface area contributed by atoms with Crippen molar-refractivity contribution in [3.05, 3.63) is 29.6 Å². The molecule has 3 rings (SSSR count). The molecule has 2 atom stereocenters. The number of benzene rings is 1. The highest BCUT2D eigenvalue weighted by molar-refractivity contribution is 6.20. The molecular formula is C16H21ClN2O. The summed E-state index contributed by atoms with van der Waals surface area (Å²) in [6.07, 6.45) is 3.80. The molecule has 0 spiro atoms. The van der Waals surface area contributed by atoms with E-state index in [0.29, 0.717) is 6.10 Å². The minimum Gasteiger partial charge on any atom is -0.378 e. The van der Waals surface area contributed by atoms with Crippen molar-refractivity contribution in [2.24, 2.45) is 0 Å². The fraction of sp³-hybridized carbons (Fsp3) is 0.562. The Morgan fingerprint density at radius 2 is 2.35 bits per heavy atom. The maximum Gasteiger partial charge on any atom is 0.127 e. The van der Waals surface area contributed by atoms with Gasteiger partial charge in [0.2, 0.25) is 0 Å². The Morgan fingerprint density at radius 3 is 3.05 bits per heavy atom. The molecule has 1 aliphatic rings. The van der Waals surface area contributed by atoms with Crippen LogP contribution >= 0.6 is 11.6 Å². The van der Waals surface area contributed by atoms with Gasteiger partial charge in [0.05, 0.1) is 22.5 Å². The van der Waals surface area contributed by atoms with Crippen LogP contribution in [0.3, 0.4) is 0 Å². The van der Waals surface area contributed by atoms with Crippen LogP contribution in [-0.4, -0.2) is 22.3 Å². The number of aromatic nitrogens is 2. The van der Waals surface area contributed by atoms with Gasteiger partial charge in [-0.15, -0.1) is 11.6 Å². The molecule has 1 aromatic carbocycles. The van der Waals surface area contributed by atoms with E-state index < -0.39 is 0 Å². The number of ether oxygens (including phenoxy) is 1. The first-order valence-electron chi connectivity index (χ1n) is 7.37. The Balaban J connectivity index is 1.92. The quantitative estimate of drug-likeness (QED) is 0.789. The number of nitrogens with zero attached hydrogens (tertiary/aromatic N) is 2. The molecule has 4 heteroatoms. The van der Waals surface area contributed by atoms with E-state index in [1.54, 1.807) is 0 Å². The maximum atomic E-state index is 6.30. The zero-order valence-corrected chi connectivity index (χ0v) is 12.9. The van der Waals surface area contributed by atoms with Gasteiger partial charge in [-0.1, -0.05) is 6.07 Å². The van der Waals surface area contributed by atoms with Crippen molar-refractivity contribution < 1.29 is 4.74 Å². The second-order valence-corrected chi connectivity index (χ2v) is 6.31. The van der Waals surface area contributed by atoms with Gasteiger partial charge in [-0.2, -0.15) is 0 Å². The predicted molar refractivity (Wildman–Crippen MR) is 82.3 cm³/mol. The molecule has 1 saturated heterocycles. The summed E-state index contributed by atoms with van der Waals surface area (Å²) < 4.78 is 7.99. The summed E-state index contributed by atoms with van der Waals surface area (Å²) in [5.41, 5.74) is 3.47. The van der Waals surface area contributed by atoms with Crippen molar-refractivity contribution in [1.29, 1.82) is 0 Å². The number of hydrogen-bond acceptors (Lipinski definition) is 2. The van der Waals surface area contributed by atoms with E-state index in [-0.39, 0.29) is 5.38 Å². The van der Waals surface area contributed by atoms with Gasteiger partial charge in [0, 0.05) is 13.2 Å². The largest absolute Gasteiger partial charge is 0.378 e. The van der Waals surface area contributed by atoms with Gasteiger partial charge in [0.25, 0.3) is 0 Å². The molecule has 3 nitrogen and oxygen atoms in total. The molecule has 0 radical (unpaired) electrons. The summed E-state index contributed by atoms with van der Waals surface area (Å²) >= 11 is 6.30. The van der Waals surface area contributed by atoms with E-state index in [0.717, 1.165) is 30.9 Å². The summed E-state index contributed by atoms with van der Waals surface area (Å²) in [7, 11) is 0. The highest BCUT2D eigenvalue weighted by atomic mass is 35.5. The first kappa shape index (κ1) is 13.9. The van der Waals surface area contributed by atoms with Crippen LogP contribution in [0, 0.1) is 6.92 Å². The summed E-state index contributed by atoms with van der Waals surface area (Å²) in [5.74, 6) is 0.963. The van der Waals surface area contributed by atoms with Gasteiger partial charge < -0.3 is 9.30 Å². The third-order valence-electron chi connectivity index (χ3n) is 3.99. The lowest BCUT2D eigenvalue weighted by Crippen LogP contribution is -2.12. The number of aryl methyl sites for hydroxylation is 2. The van der Waals surface area contributed by atoms with Gasteiger partial charge in [0.15, 0.2) is 0 Å². The highest BCUT2D eigenvalue weighted by Gasteiger charge is 2.19. The highest BCUT2D eigenvalue weighted by Crippen LogP contribution is 2.26. The van der Waals surface area contributed by atoms with Gasteiger partial charge in [0.1, 0.15) is 5.82 Å². The van der Waals surface area contributed by atoms with Gasteiger partial charge >= 0.3 is 0 Å². The van der Waals surface area contributed by atoms with Crippen LogP contribution in [0.4, 0.5) is 0 Å². The van der Waals surface area contributed by atoms with E-state index >= 15 is 0 Å². The number of imidazole rings is 1. The maximum absolute atomic E-state index is 6.30. The van der Waals surface area contributed by atoms with Crippen molar-refractivity contribution in [2.75, 3.05) is 6.61 Å². The Hall–Kier alpha value is -1.06. The minimum absolute atomic E-state index is 0.0767. The zero-order chi connectivity index (χ0) is 14.1. The van der Waals surface area contributed by atoms with Crippen LogP contribution in [0.2, 0.25) is 0 Å². The molecule has 1 aromatic heterocycles. The van der Waals surface area contributed by atoms with Crippen LogP contribution in [0.5, 0.6) is 0 Å². The third kappa shape index (κ3) is 2.70. The average Bonchev–Trinajstić information content (AvgIpc) is 3.03. The lowest BCUT2D eigenvalue weighted by atomic mass is 10.2. The van der Waals surface area contributed by atoms with Crippen molar-refractivity contribution in [2.45, 2.75) is 51.1 Å². The average molecular weight is 293 g/mol. The Morgan fingerprint density at radius 1 is 1.50 bits per heavy atom. The van der Waals surface area contributed by atoms with E-state index in [9.17, 15) is 0 Å². The van der Waals surface area contributed by atoms with Crippen LogP contribution in [0.1, 0.15) is 43.0 Å². The first-order chi connectivity index (χ1) is 9.65. The minimum atomic E-state index is -0.0767. The lowest BCUT2D eigenvalue weighted by molar-refractivity contribution is 0.100. The van der Waals surface area contributed by atoms with Gasteiger partial charge in [-0.05, 0) is 50.8 Å². The predicted octanol–water partition coefficient (Wildman–Crippen LogP) is 4.21. The zero-order valence-electron chi connectivity index (χ0n) is 12.1. The van der Waals surface area contributed by atoms with E-state index in [4.69, 9.17) is 16.3 Å². The Labute approximate surface area is 124 Å². The summed E-state index contributed by atoms with van der Waals surface area (Å²) in [4.78, 5) is 4.69.